The number of phenolic OH excluding ortho intramolecular Hbond substituents is 1. The van der Waals surface area contributed by atoms with Crippen LogP contribution in [0.3, 0.4) is 0 Å². The molecule has 0 bridgehead atoms. The molecular weight excluding hydrogens is 374 g/mol. The van der Waals surface area contributed by atoms with Gasteiger partial charge in [-0.15, -0.1) is 0 Å². The standard InChI is InChI=1S/C18H21NO7S/c1-10-12-4-3-11(20)9-15(12)26-18(24)13(10)5-6-16(21)19-14(17(22)23)7-8-27(2)25/h3-4,9,14,20H,5-8H2,1-2H3,(H,19,21)(H,22,23)/t14-,27+/m0/s1. The van der Waals surface area contributed by atoms with Gasteiger partial charge < -0.3 is 19.9 Å². The summed E-state index contributed by atoms with van der Waals surface area (Å²) in [6.07, 6.45) is 1.52. The number of aryl methyl sites for hydroxylation is 1. The van der Waals surface area contributed by atoms with Crippen molar-refractivity contribution < 1.29 is 28.4 Å². The molecule has 1 aromatic carbocycles. The molecule has 0 spiro atoms. The first-order valence-electron chi connectivity index (χ1n) is 8.26. The monoisotopic (exact) mass is 395 g/mol. The highest BCUT2D eigenvalue weighted by Gasteiger charge is 2.21. The number of aromatic hydroxyl groups is 1. The molecule has 0 aliphatic heterocycles. The summed E-state index contributed by atoms with van der Waals surface area (Å²) in [6, 6.07) is 3.31. The number of carbonyl (C=O) groups is 2. The highest BCUT2D eigenvalue weighted by atomic mass is 32.2. The Hall–Kier alpha value is -2.68. The molecule has 8 nitrogen and oxygen atoms in total. The van der Waals surface area contributed by atoms with Gasteiger partial charge in [-0.25, -0.2) is 9.59 Å². The number of fused-ring (bicyclic) bond motifs is 1. The van der Waals surface area contributed by atoms with E-state index < -0.39 is 34.3 Å². The predicted molar refractivity (Wildman–Crippen MR) is 100 cm³/mol. The second-order valence-corrected chi connectivity index (χ2v) is 7.75. The number of phenols is 1. The first kappa shape index (κ1) is 20.6. The molecule has 0 aliphatic carbocycles. The summed E-state index contributed by atoms with van der Waals surface area (Å²) < 4.78 is 16.3. The lowest BCUT2D eigenvalue weighted by Gasteiger charge is -2.14. The average molecular weight is 395 g/mol. The third-order valence-electron chi connectivity index (χ3n) is 4.20. The van der Waals surface area contributed by atoms with Crippen LogP contribution in [-0.4, -0.2) is 44.3 Å². The SMILES string of the molecule is Cc1c(CCC(=O)N[C@@H](CC[S@@](C)=O)C(=O)O)c(=O)oc2cc(O)ccc12. The molecule has 2 aromatic rings. The van der Waals surface area contributed by atoms with Crippen molar-refractivity contribution in [2.75, 3.05) is 12.0 Å². The lowest BCUT2D eigenvalue weighted by Crippen LogP contribution is -2.41. The molecule has 27 heavy (non-hydrogen) atoms. The van der Waals surface area contributed by atoms with Gasteiger partial charge in [-0.3, -0.25) is 9.00 Å². The molecule has 0 unspecified atom stereocenters. The molecule has 0 fully saturated rings. The molecule has 2 rings (SSSR count). The Morgan fingerprint density at radius 1 is 1.33 bits per heavy atom. The van der Waals surface area contributed by atoms with Crippen LogP contribution in [0.15, 0.2) is 27.4 Å². The van der Waals surface area contributed by atoms with Gasteiger partial charge in [-0.2, -0.15) is 0 Å². The number of nitrogens with one attached hydrogen (secondary N) is 1. The molecular formula is C18H21NO7S. The number of hydrogen-bond donors (Lipinski definition) is 3. The molecule has 2 atom stereocenters. The van der Waals surface area contributed by atoms with E-state index in [1.54, 1.807) is 13.0 Å². The van der Waals surface area contributed by atoms with Crippen molar-refractivity contribution >= 4 is 33.6 Å². The second-order valence-electron chi connectivity index (χ2n) is 6.20. The van der Waals surface area contributed by atoms with E-state index in [2.05, 4.69) is 5.32 Å². The Morgan fingerprint density at radius 2 is 2.04 bits per heavy atom. The number of benzene rings is 1. The minimum Gasteiger partial charge on any atom is -0.508 e. The van der Waals surface area contributed by atoms with Crippen LogP contribution in [-0.2, 0) is 26.8 Å². The van der Waals surface area contributed by atoms with Gasteiger partial charge >= 0.3 is 11.6 Å². The van der Waals surface area contributed by atoms with Crippen molar-refractivity contribution in [3.63, 3.8) is 0 Å². The molecule has 0 radical (unpaired) electrons. The summed E-state index contributed by atoms with van der Waals surface area (Å²) in [6.45, 7) is 1.72. The van der Waals surface area contributed by atoms with Crippen LogP contribution in [0.1, 0.15) is 24.0 Å². The summed E-state index contributed by atoms with van der Waals surface area (Å²) in [7, 11) is -1.16. The summed E-state index contributed by atoms with van der Waals surface area (Å²) in [5, 5.41) is 21.7. The number of aliphatic carboxylic acids is 1. The minimum atomic E-state index is -1.20. The highest BCUT2D eigenvalue weighted by molar-refractivity contribution is 7.84. The molecule has 1 heterocycles. The number of carbonyl (C=O) groups excluding carboxylic acids is 1. The first-order chi connectivity index (χ1) is 12.7. The summed E-state index contributed by atoms with van der Waals surface area (Å²) in [5.74, 6) is -1.58. The van der Waals surface area contributed by atoms with Crippen LogP contribution in [0, 0.1) is 6.92 Å². The van der Waals surface area contributed by atoms with Gasteiger partial charge in [-0.1, -0.05) is 0 Å². The lowest BCUT2D eigenvalue weighted by atomic mass is 10.0. The number of carboxylic acid groups (broad SMARTS) is 1. The van der Waals surface area contributed by atoms with Gasteiger partial charge in [0.15, 0.2) is 0 Å². The molecule has 0 saturated carbocycles. The number of carboxylic acids is 1. The number of rotatable bonds is 8. The number of hydrogen-bond acceptors (Lipinski definition) is 6. The van der Waals surface area contributed by atoms with Crippen LogP contribution in [0.5, 0.6) is 5.75 Å². The van der Waals surface area contributed by atoms with Gasteiger partial charge in [0.25, 0.3) is 0 Å². The minimum absolute atomic E-state index is 0.0232. The van der Waals surface area contributed by atoms with Gasteiger partial charge in [0.2, 0.25) is 5.91 Å². The average Bonchev–Trinajstić information content (AvgIpc) is 2.57. The van der Waals surface area contributed by atoms with Crippen LogP contribution < -0.4 is 10.9 Å². The first-order valence-corrected chi connectivity index (χ1v) is 9.99. The quantitative estimate of drug-likeness (QED) is 0.569. The molecule has 3 N–H and O–H groups in total. The van der Waals surface area contributed by atoms with E-state index in [-0.39, 0.29) is 36.3 Å². The Bertz CT molecular complexity index is 951. The van der Waals surface area contributed by atoms with Gasteiger partial charge in [0.1, 0.15) is 17.4 Å². The van der Waals surface area contributed by atoms with E-state index in [9.17, 15) is 23.7 Å². The van der Waals surface area contributed by atoms with Gasteiger partial charge in [0.05, 0.1) is 0 Å². The maximum absolute atomic E-state index is 12.2. The normalized spacial score (nSPS) is 13.3. The number of amides is 1. The molecule has 1 aromatic heterocycles. The summed E-state index contributed by atoms with van der Waals surface area (Å²) in [4.78, 5) is 35.5. The lowest BCUT2D eigenvalue weighted by molar-refractivity contribution is -0.141. The van der Waals surface area contributed by atoms with E-state index in [4.69, 9.17) is 9.52 Å². The van der Waals surface area contributed by atoms with Crippen LogP contribution in [0.25, 0.3) is 11.0 Å². The van der Waals surface area contributed by atoms with E-state index >= 15 is 0 Å². The summed E-state index contributed by atoms with van der Waals surface area (Å²) in [5.41, 5.74) is 0.619. The fourth-order valence-electron chi connectivity index (χ4n) is 2.72. The largest absolute Gasteiger partial charge is 0.508 e. The van der Waals surface area contributed by atoms with Gasteiger partial charge in [-0.05, 0) is 37.5 Å². The third-order valence-corrected chi connectivity index (χ3v) is 5.01. The van der Waals surface area contributed by atoms with Crippen LogP contribution in [0.4, 0.5) is 0 Å². The Balaban J connectivity index is 2.10. The Labute approximate surface area is 157 Å². The van der Waals surface area contributed by atoms with Crippen molar-refractivity contribution in [1.29, 1.82) is 0 Å². The fraction of sp³-hybridized carbons (Fsp3) is 0.389. The molecule has 0 saturated heterocycles. The van der Waals surface area contributed by atoms with E-state index in [0.29, 0.717) is 16.5 Å². The summed E-state index contributed by atoms with van der Waals surface area (Å²) >= 11 is 0. The predicted octanol–water partition coefficient (Wildman–Crippen LogP) is 1.08. The van der Waals surface area contributed by atoms with Crippen molar-refractivity contribution in [2.45, 2.75) is 32.2 Å². The maximum atomic E-state index is 12.2. The van der Waals surface area contributed by atoms with Crippen molar-refractivity contribution in [1.82, 2.24) is 5.32 Å². The van der Waals surface area contributed by atoms with Crippen LogP contribution >= 0.6 is 0 Å². The zero-order chi connectivity index (χ0) is 20.1. The molecule has 0 aliphatic rings. The van der Waals surface area contributed by atoms with Gasteiger partial charge in [0, 0.05) is 46.2 Å². The van der Waals surface area contributed by atoms with Crippen LogP contribution in [0.2, 0.25) is 0 Å². The smallest absolute Gasteiger partial charge is 0.339 e. The second kappa shape index (κ2) is 8.81. The zero-order valence-corrected chi connectivity index (χ0v) is 15.8. The Morgan fingerprint density at radius 3 is 2.67 bits per heavy atom. The molecule has 146 valence electrons. The van der Waals surface area contributed by atoms with Crippen molar-refractivity contribution in [3.05, 3.63) is 39.7 Å². The maximum Gasteiger partial charge on any atom is 0.339 e. The molecule has 9 heteroatoms. The topological polar surface area (TPSA) is 134 Å². The van der Waals surface area contributed by atoms with E-state index in [1.807, 2.05) is 0 Å². The van der Waals surface area contributed by atoms with Crippen molar-refractivity contribution in [2.24, 2.45) is 0 Å². The third kappa shape index (κ3) is 5.40. The van der Waals surface area contributed by atoms with E-state index in [1.165, 1.54) is 18.4 Å². The Kier molecular flexibility index (Phi) is 6.73. The zero-order valence-electron chi connectivity index (χ0n) is 15.0. The van der Waals surface area contributed by atoms with Crippen molar-refractivity contribution in [3.8, 4) is 5.75 Å². The van der Waals surface area contributed by atoms with E-state index in [0.717, 1.165) is 0 Å². The fourth-order valence-corrected chi connectivity index (χ4v) is 3.29. The molecule has 1 amide bonds. The highest BCUT2D eigenvalue weighted by Crippen LogP contribution is 2.23.